The van der Waals surface area contributed by atoms with Gasteiger partial charge in [-0.1, -0.05) is 84.9 Å². The van der Waals surface area contributed by atoms with Gasteiger partial charge in [-0.05, 0) is 57.3 Å². The number of nitrogens with two attached hydrogens (primary N) is 1. The lowest BCUT2D eigenvalue weighted by atomic mass is 9.91. The van der Waals surface area contributed by atoms with Gasteiger partial charge in [0.15, 0.2) is 0 Å². The minimum atomic E-state index is -1.13. The zero-order chi connectivity index (χ0) is 39.5. The van der Waals surface area contributed by atoms with Gasteiger partial charge in [-0.2, -0.15) is 0 Å². The lowest BCUT2D eigenvalue weighted by molar-refractivity contribution is -0.140. The number of benzene rings is 5. The Balaban J connectivity index is 1.14. The van der Waals surface area contributed by atoms with Crippen LogP contribution in [0.5, 0.6) is 5.75 Å². The minimum Gasteiger partial charge on any atom is -0.491 e. The van der Waals surface area contributed by atoms with Gasteiger partial charge in [0.25, 0.3) is 5.91 Å². The number of Topliss-reactive ketones (excluding diaryl/α,β-unsaturated/α-hetero) is 1. The monoisotopic (exact) mass is 757 g/mol. The van der Waals surface area contributed by atoms with Gasteiger partial charge in [-0.15, -0.1) is 0 Å². The molecule has 0 bridgehead atoms. The number of hydrogen-bond donors (Lipinski definition) is 2. The van der Waals surface area contributed by atoms with Crippen LogP contribution in [0, 0.1) is 11.7 Å². The van der Waals surface area contributed by atoms with Crippen LogP contribution < -0.4 is 15.8 Å². The molecule has 0 aromatic heterocycles. The number of carbonyl (C=O) groups is 5. The zero-order valence-corrected chi connectivity index (χ0v) is 31.3. The highest BCUT2D eigenvalue weighted by Crippen LogP contribution is 2.29. The highest BCUT2D eigenvalue weighted by atomic mass is 19.1. The smallest absolute Gasteiger partial charge is 0.258 e. The van der Waals surface area contributed by atoms with Crippen molar-refractivity contribution in [3.05, 3.63) is 126 Å². The molecule has 5 aromatic carbocycles. The number of amides is 4. The fourth-order valence-electron chi connectivity index (χ4n) is 7.81. The fraction of sp³-hybridized carbons (Fsp3) is 0.295. The number of fused-ring (bicyclic) bond motifs is 4. The summed E-state index contributed by atoms with van der Waals surface area (Å²) in [6.45, 7) is -0.338. The average Bonchev–Trinajstić information content (AvgIpc) is 3.54. The highest BCUT2D eigenvalue weighted by Gasteiger charge is 2.46. The van der Waals surface area contributed by atoms with E-state index in [-0.39, 0.29) is 62.6 Å². The van der Waals surface area contributed by atoms with Gasteiger partial charge in [0.2, 0.25) is 17.7 Å². The van der Waals surface area contributed by atoms with E-state index in [4.69, 9.17) is 10.5 Å². The topological polar surface area (TPSA) is 142 Å². The van der Waals surface area contributed by atoms with Crippen LogP contribution >= 0.6 is 0 Å². The maximum Gasteiger partial charge on any atom is 0.258 e. The second-order valence-electron chi connectivity index (χ2n) is 14.6. The Morgan fingerprint density at radius 1 is 0.857 bits per heavy atom. The standard InChI is InChI=1S/C44H44FN5O6/c1-48-25-41(53)50-24-35(38(51)21-27-14-15-28-8-3-4-10-30(28)20-27)42(46)37(50)26-56-39-18-16-32(45)22-34(39)44(55)49(2)36(17-19-40(48)52)43(54)47-23-31-12-7-11-29-9-5-6-13-33(29)31/h3-16,18,20,22,35-37,42H,17,19,21,23-26,46H2,1-2H3,(H,47,54)/t35-,36+,37-,42?/m1/s1. The SMILES string of the molecule is CN1CC(=O)N2C[C@H](C(=O)Cc3ccc4ccccc4c3)C(N)[C@H]2COc2ccc(F)cc2C(=O)N(C)[C@H](C(=O)NCc2cccc3ccccc23)CCC1=O. The first-order valence-corrected chi connectivity index (χ1v) is 18.7. The summed E-state index contributed by atoms with van der Waals surface area (Å²) in [6.07, 6.45) is -0.137. The number of nitrogens with one attached hydrogen (secondary N) is 1. The van der Waals surface area contributed by atoms with E-state index in [1.807, 2.05) is 84.9 Å². The van der Waals surface area contributed by atoms with Crippen LogP contribution in [0.25, 0.3) is 21.5 Å². The highest BCUT2D eigenvalue weighted by molar-refractivity contribution is 6.00. The molecule has 4 amide bonds. The molecule has 0 spiro atoms. The molecule has 4 atom stereocenters. The van der Waals surface area contributed by atoms with E-state index in [0.717, 1.165) is 44.8 Å². The Morgan fingerprint density at radius 3 is 2.39 bits per heavy atom. The minimum absolute atomic E-state index is 0.0133. The molecule has 2 aliphatic rings. The van der Waals surface area contributed by atoms with Crippen LogP contribution in [0.4, 0.5) is 4.39 Å². The Bertz CT molecular complexity index is 2330. The lowest BCUT2D eigenvalue weighted by Gasteiger charge is -2.29. The van der Waals surface area contributed by atoms with E-state index in [0.29, 0.717) is 0 Å². The number of nitrogens with zero attached hydrogens (tertiary/aromatic N) is 3. The molecule has 5 aromatic rings. The summed E-state index contributed by atoms with van der Waals surface area (Å²) in [4.78, 5) is 73.2. The van der Waals surface area contributed by atoms with Crippen LogP contribution in [0.2, 0.25) is 0 Å². The number of likely N-dealkylation sites (N-methyl/N-ethyl adjacent to an activating group) is 2. The fourth-order valence-corrected chi connectivity index (χ4v) is 7.81. The summed E-state index contributed by atoms with van der Waals surface area (Å²) < 4.78 is 21.0. The molecule has 0 aliphatic carbocycles. The average molecular weight is 758 g/mol. The van der Waals surface area contributed by atoms with Crippen molar-refractivity contribution in [3.8, 4) is 5.75 Å². The molecule has 1 unspecified atom stereocenters. The predicted molar refractivity (Wildman–Crippen MR) is 210 cm³/mol. The van der Waals surface area contributed by atoms with Gasteiger partial charge in [0, 0.05) is 46.1 Å². The summed E-state index contributed by atoms with van der Waals surface area (Å²) >= 11 is 0. The van der Waals surface area contributed by atoms with Crippen molar-refractivity contribution < 1.29 is 33.1 Å². The third-order valence-electron chi connectivity index (χ3n) is 11.1. The van der Waals surface area contributed by atoms with Gasteiger partial charge >= 0.3 is 0 Å². The second kappa shape index (κ2) is 16.3. The number of halogens is 1. The molecule has 2 heterocycles. The molecule has 7 rings (SSSR count). The van der Waals surface area contributed by atoms with E-state index >= 15 is 0 Å². The molecule has 2 aliphatic heterocycles. The second-order valence-corrected chi connectivity index (χ2v) is 14.6. The van der Waals surface area contributed by atoms with Crippen molar-refractivity contribution in [2.24, 2.45) is 11.7 Å². The molecule has 1 saturated heterocycles. The van der Waals surface area contributed by atoms with Crippen LogP contribution in [-0.2, 0) is 32.1 Å². The van der Waals surface area contributed by atoms with E-state index in [1.54, 1.807) is 0 Å². The summed E-state index contributed by atoms with van der Waals surface area (Å²) in [5.74, 6) is -3.61. The maximum atomic E-state index is 14.8. The molecule has 0 saturated carbocycles. The van der Waals surface area contributed by atoms with Crippen molar-refractivity contribution >= 4 is 51.0 Å². The Labute approximate surface area is 324 Å². The van der Waals surface area contributed by atoms with Gasteiger partial charge in [0.05, 0.1) is 24.1 Å². The van der Waals surface area contributed by atoms with Gasteiger partial charge in [0.1, 0.15) is 30.0 Å². The lowest BCUT2D eigenvalue weighted by Crippen LogP contribution is -2.50. The quantitative estimate of drug-likeness (QED) is 0.260. The molecule has 0 radical (unpaired) electrons. The third kappa shape index (κ3) is 7.97. The molecule has 12 heteroatoms. The summed E-state index contributed by atoms with van der Waals surface area (Å²) in [7, 11) is 2.92. The number of hydrogen-bond acceptors (Lipinski definition) is 7. The number of ketones is 1. The predicted octanol–water partition coefficient (Wildman–Crippen LogP) is 4.49. The summed E-state index contributed by atoms with van der Waals surface area (Å²) in [6, 6.07) is 27.9. The number of rotatable bonds is 6. The third-order valence-corrected chi connectivity index (χ3v) is 11.1. The van der Waals surface area contributed by atoms with Crippen molar-refractivity contribution in [1.82, 2.24) is 20.0 Å². The Hall–Kier alpha value is -6.14. The normalized spacial score (nSPS) is 20.9. The number of carbonyl (C=O) groups excluding carboxylic acids is 5. The largest absolute Gasteiger partial charge is 0.491 e. The number of ether oxygens (including phenoxy) is 1. The first-order valence-electron chi connectivity index (χ1n) is 18.7. The zero-order valence-electron chi connectivity index (χ0n) is 31.3. The van der Waals surface area contributed by atoms with Crippen LogP contribution in [0.1, 0.15) is 34.3 Å². The van der Waals surface area contributed by atoms with Crippen molar-refractivity contribution in [1.29, 1.82) is 0 Å². The van der Waals surface area contributed by atoms with E-state index in [1.165, 1.54) is 34.9 Å². The van der Waals surface area contributed by atoms with Crippen molar-refractivity contribution in [3.63, 3.8) is 0 Å². The first kappa shape index (κ1) is 38.1. The molecule has 11 nitrogen and oxygen atoms in total. The molecular formula is C44H44FN5O6. The maximum absolute atomic E-state index is 14.8. The van der Waals surface area contributed by atoms with E-state index in [2.05, 4.69) is 5.32 Å². The summed E-state index contributed by atoms with van der Waals surface area (Å²) in [5, 5.41) is 6.95. The Morgan fingerprint density at radius 2 is 1.59 bits per heavy atom. The van der Waals surface area contributed by atoms with E-state index < -0.39 is 53.5 Å². The molecule has 56 heavy (non-hydrogen) atoms. The van der Waals surface area contributed by atoms with Crippen molar-refractivity contribution in [2.45, 2.75) is 43.9 Å². The molecule has 1 fully saturated rings. The first-order chi connectivity index (χ1) is 27.0. The van der Waals surface area contributed by atoms with Crippen LogP contribution in [0.3, 0.4) is 0 Å². The van der Waals surface area contributed by atoms with E-state index in [9.17, 15) is 28.4 Å². The molecule has 3 N–H and O–H groups in total. The van der Waals surface area contributed by atoms with Gasteiger partial charge < -0.3 is 30.5 Å². The van der Waals surface area contributed by atoms with Crippen LogP contribution in [-0.4, -0.2) is 96.0 Å². The van der Waals surface area contributed by atoms with Gasteiger partial charge in [-0.3, -0.25) is 24.0 Å². The Kier molecular flexibility index (Phi) is 11.1. The molecule has 288 valence electrons. The van der Waals surface area contributed by atoms with Crippen molar-refractivity contribution in [2.75, 3.05) is 33.8 Å². The van der Waals surface area contributed by atoms with Gasteiger partial charge in [-0.25, -0.2) is 4.39 Å². The molecular weight excluding hydrogens is 714 g/mol. The van der Waals surface area contributed by atoms with Crippen LogP contribution in [0.15, 0.2) is 103 Å². The summed E-state index contributed by atoms with van der Waals surface area (Å²) in [5.41, 5.74) is 8.29.